The molecule has 0 saturated heterocycles. The van der Waals surface area contributed by atoms with Crippen LogP contribution in [0.15, 0.2) is 60.9 Å². The Hall–Kier alpha value is -2.95. The number of nitrogens with one attached hydrogen (secondary N) is 1. The Morgan fingerprint density at radius 2 is 1.80 bits per heavy atom. The van der Waals surface area contributed by atoms with Gasteiger partial charge in [-0.05, 0) is 29.2 Å². The number of aryl methyl sites for hydroxylation is 1. The molecular formula is C20H22N4O. The van der Waals surface area contributed by atoms with Crippen molar-refractivity contribution in [3.05, 3.63) is 83.4 Å². The van der Waals surface area contributed by atoms with Gasteiger partial charge in [0.05, 0.1) is 11.7 Å². The number of carbonyl (C=O) groups is 1. The van der Waals surface area contributed by atoms with Crippen LogP contribution in [-0.4, -0.2) is 20.7 Å². The molecule has 0 spiro atoms. The summed E-state index contributed by atoms with van der Waals surface area (Å²) < 4.78 is 1.63. The maximum atomic E-state index is 12.9. The highest BCUT2D eigenvalue weighted by Crippen LogP contribution is 2.22. The van der Waals surface area contributed by atoms with Gasteiger partial charge in [-0.1, -0.05) is 50.2 Å². The molecule has 1 amide bonds. The lowest BCUT2D eigenvalue weighted by molar-refractivity contribution is 0.0933. The number of benzene rings is 1. The van der Waals surface area contributed by atoms with Crippen molar-refractivity contribution in [1.82, 2.24) is 20.1 Å². The number of pyridine rings is 1. The van der Waals surface area contributed by atoms with Crippen molar-refractivity contribution in [3.63, 3.8) is 0 Å². The first kappa shape index (κ1) is 16.9. The molecule has 1 N–H and O–H groups in total. The van der Waals surface area contributed by atoms with Crippen molar-refractivity contribution in [2.45, 2.75) is 25.8 Å². The van der Waals surface area contributed by atoms with Gasteiger partial charge in [-0.3, -0.25) is 14.5 Å². The summed E-state index contributed by atoms with van der Waals surface area (Å²) in [7, 11) is 1.79. The van der Waals surface area contributed by atoms with E-state index in [-0.39, 0.29) is 17.9 Å². The number of aromatic nitrogens is 3. The lowest BCUT2D eigenvalue weighted by atomic mass is 10.00. The van der Waals surface area contributed by atoms with Crippen molar-refractivity contribution < 1.29 is 4.79 Å². The molecule has 0 fully saturated rings. The predicted octanol–water partition coefficient (Wildman–Crippen LogP) is 3.46. The first-order valence-electron chi connectivity index (χ1n) is 8.36. The quantitative estimate of drug-likeness (QED) is 0.777. The molecule has 0 radical (unpaired) electrons. The molecule has 128 valence electrons. The molecule has 0 aliphatic carbocycles. The van der Waals surface area contributed by atoms with Crippen LogP contribution in [0, 0.1) is 0 Å². The van der Waals surface area contributed by atoms with E-state index in [1.807, 2.05) is 48.5 Å². The second-order valence-electron chi connectivity index (χ2n) is 6.34. The minimum atomic E-state index is -0.264. The minimum Gasteiger partial charge on any atom is -0.340 e. The largest absolute Gasteiger partial charge is 0.340 e. The molecule has 3 aromatic rings. The van der Waals surface area contributed by atoms with Gasteiger partial charge in [0.15, 0.2) is 0 Å². The van der Waals surface area contributed by atoms with Crippen LogP contribution in [0.4, 0.5) is 0 Å². The van der Waals surface area contributed by atoms with E-state index >= 15 is 0 Å². The van der Waals surface area contributed by atoms with Crippen LogP contribution in [-0.2, 0) is 7.05 Å². The third kappa shape index (κ3) is 3.76. The molecule has 0 aliphatic rings. The molecule has 0 saturated carbocycles. The van der Waals surface area contributed by atoms with Crippen LogP contribution in [0.1, 0.15) is 53.1 Å². The summed E-state index contributed by atoms with van der Waals surface area (Å²) >= 11 is 0. The number of hydrogen-bond acceptors (Lipinski definition) is 3. The third-order valence-electron chi connectivity index (χ3n) is 4.15. The van der Waals surface area contributed by atoms with Crippen molar-refractivity contribution in [1.29, 1.82) is 0 Å². The van der Waals surface area contributed by atoms with Crippen molar-refractivity contribution in [2.75, 3.05) is 0 Å². The smallest absolute Gasteiger partial charge is 0.270 e. The highest BCUT2D eigenvalue weighted by Gasteiger charge is 2.21. The summed E-state index contributed by atoms with van der Waals surface area (Å²) in [6.07, 6.45) is 3.50. The zero-order valence-electron chi connectivity index (χ0n) is 14.7. The Balaban J connectivity index is 1.92. The van der Waals surface area contributed by atoms with E-state index in [2.05, 4.69) is 29.2 Å². The second kappa shape index (κ2) is 7.30. The number of nitrogens with zero attached hydrogens (tertiary/aromatic N) is 3. The third-order valence-corrected chi connectivity index (χ3v) is 4.15. The lowest BCUT2D eigenvalue weighted by Gasteiger charge is -2.19. The van der Waals surface area contributed by atoms with E-state index < -0.39 is 0 Å². The minimum absolute atomic E-state index is 0.153. The highest BCUT2D eigenvalue weighted by molar-refractivity contribution is 5.93. The molecule has 2 aromatic heterocycles. The van der Waals surface area contributed by atoms with Gasteiger partial charge in [-0.25, -0.2) is 0 Å². The first-order valence-corrected chi connectivity index (χ1v) is 8.36. The van der Waals surface area contributed by atoms with Crippen LogP contribution in [0.3, 0.4) is 0 Å². The van der Waals surface area contributed by atoms with E-state index in [1.54, 1.807) is 24.1 Å². The summed E-state index contributed by atoms with van der Waals surface area (Å²) in [5.41, 5.74) is 3.40. The number of carbonyl (C=O) groups excluding carboxylic acids is 1. The van der Waals surface area contributed by atoms with E-state index in [1.165, 1.54) is 0 Å². The average Bonchev–Trinajstić information content (AvgIpc) is 3.03. The van der Waals surface area contributed by atoms with Crippen LogP contribution in [0.2, 0.25) is 0 Å². The topological polar surface area (TPSA) is 59.8 Å². The van der Waals surface area contributed by atoms with Gasteiger partial charge in [0.25, 0.3) is 5.91 Å². The Kier molecular flexibility index (Phi) is 4.93. The summed E-state index contributed by atoms with van der Waals surface area (Å²) in [6.45, 7) is 4.12. The van der Waals surface area contributed by atoms with Gasteiger partial charge in [0, 0.05) is 19.4 Å². The molecule has 2 heterocycles. The maximum absolute atomic E-state index is 12.9. The normalized spacial score (nSPS) is 12.2. The van der Waals surface area contributed by atoms with Crippen molar-refractivity contribution in [2.24, 2.45) is 7.05 Å². The standard InChI is InChI=1S/C20H22N4O/c1-14(2)17-12-18(24(3)23-17)20(25)22-19(15-8-5-4-6-9-15)16-10-7-11-21-13-16/h4-14,19H,1-3H3,(H,22,25). The van der Waals surface area contributed by atoms with Crippen molar-refractivity contribution >= 4 is 5.91 Å². The predicted molar refractivity (Wildman–Crippen MR) is 97.3 cm³/mol. The molecular weight excluding hydrogens is 312 g/mol. The van der Waals surface area contributed by atoms with Crippen LogP contribution < -0.4 is 5.32 Å². The van der Waals surface area contributed by atoms with Gasteiger partial charge in [0.2, 0.25) is 0 Å². The fourth-order valence-electron chi connectivity index (χ4n) is 2.74. The van der Waals surface area contributed by atoms with E-state index in [0.29, 0.717) is 5.69 Å². The summed E-state index contributed by atoms with van der Waals surface area (Å²) in [5, 5.41) is 7.55. The van der Waals surface area contributed by atoms with Gasteiger partial charge in [0.1, 0.15) is 5.69 Å². The fraction of sp³-hybridized carbons (Fsp3) is 0.250. The lowest BCUT2D eigenvalue weighted by Crippen LogP contribution is -2.30. The highest BCUT2D eigenvalue weighted by atomic mass is 16.2. The van der Waals surface area contributed by atoms with E-state index in [9.17, 15) is 4.79 Å². The van der Waals surface area contributed by atoms with E-state index in [0.717, 1.165) is 16.8 Å². The van der Waals surface area contributed by atoms with Crippen LogP contribution >= 0.6 is 0 Å². The monoisotopic (exact) mass is 334 g/mol. The van der Waals surface area contributed by atoms with Crippen LogP contribution in [0.5, 0.6) is 0 Å². The average molecular weight is 334 g/mol. The first-order chi connectivity index (χ1) is 12.1. The summed E-state index contributed by atoms with van der Waals surface area (Å²) in [6, 6.07) is 15.3. The van der Waals surface area contributed by atoms with Crippen LogP contribution in [0.25, 0.3) is 0 Å². The molecule has 1 unspecified atom stereocenters. The Morgan fingerprint density at radius 1 is 1.08 bits per heavy atom. The van der Waals surface area contributed by atoms with Gasteiger partial charge in [-0.2, -0.15) is 5.10 Å². The Bertz CT molecular complexity index is 801. The fourth-order valence-corrected chi connectivity index (χ4v) is 2.74. The zero-order valence-corrected chi connectivity index (χ0v) is 14.7. The second-order valence-corrected chi connectivity index (χ2v) is 6.34. The van der Waals surface area contributed by atoms with Gasteiger partial charge >= 0.3 is 0 Å². The number of amides is 1. The molecule has 0 bridgehead atoms. The van der Waals surface area contributed by atoms with Crippen molar-refractivity contribution in [3.8, 4) is 0 Å². The van der Waals surface area contributed by atoms with E-state index in [4.69, 9.17) is 0 Å². The molecule has 1 atom stereocenters. The molecule has 0 aliphatic heterocycles. The summed E-state index contributed by atoms with van der Waals surface area (Å²) in [4.78, 5) is 17.1. The summed E-state index contributed by atoms with van der Waals surface area (Å²) in [5.74, 6) is 0.121. The van der Waals surface area contributed by atoms with Gasteiger partial charge < -0.3 is 5.32 Å². The molecule has 1 aromatic carbocycles. The zero-order chi connectivity index (χ0) is 17.8. The molecule has 5 nitrogen and oxygen atoms in total. The Morgan fingerprint density at radius 3 is 2.40 bits per heavy atom. The molecule has 5 heteroatoms. The molecule has 3 rings (SSSR count). The molecule has 25 heavy (non-hydrogen) atoms. The maximum Gasteiger partial charge on any atom is 0.270 e. The SMILES string of the molecule is CC(C)c1cc(C(=O)NC(c2ccccc2)c2cccnc2)n(C)n1. The number of hydrogen-bond donors (Lipinski definition) is 1. The number of rotatable bonds is 5. The van der Waals surface area contributed by atoms with Gasteiger partial charge in [-0.15, -0.1) is 0 Å². The Labute approximate surface area is 147 Å².